The number of benzene rings is 2. The first kappa shape index (κ1) is 45.5. The van der Waals surface area contributed by atoms with Gasteiger partial charge in [0.1, 0.15) is 12.2 Å². The average molecular weight is 864 g/mol. The van der Waals surface area contributed by atoms with E-state index in [-0.39, 0.29) is 60.9 Å². The fraction of sp³-hybridized carbons (Fsp3) is 0.558. The zero-order valence-electron chi connectivity index (χ0n) is 36.9. The second-order valence-electron chi connectivity index (χ2n) is 19.1. The van der Waals surface area contributed by atoms with E-state index >= 15 is 0 Å². The fourth-order valence-corrected chi connectivity index (χ4v) is 11.3. The maximum atomic E-state index is 11.4. The Morgan fingerprint density at radius 3 is 2.73 bits per heavy atom. The number of hydrogen-bond donors (Lipinski definition) is 8. The molecule has 63 heavy (non-hydrogen) atoms. The van der Waals surface area contributed by atoms with Crippen LogP contribution in [-0.2, 0) is 17.8 Å². The van der Waals surface area contributed by atoms with Gasteiger partial charge in [0.25, 0.3) is 0 Å². The van der Waals surface area contributed by atoms with E-state index in [4.69, 9.17) is 20.2 Å². The van der Waals surface area contributed by atoms with E-state index in [9.17, 15) is 30.6 Å². The molecule has 11 heteroatoms. The van der Waals surface area contributed by atoms with Gasteiger partial charge >= 0.3 is 0 Å². The Balaban J connectivity index is 0.763. The summed E-state index contributed by atoms with van der Waals surface area (Å²) in [6.07, 6.45) is 23.3. The molecule has 2 aromatic carbocycles. The number of ether oxygens (including phenoxy) is 2. The number of nitrogens with one attached hydrogen (secondary N) is 1. The molecule has 11 nitrogen and oxygen atoms in total. The Labute approximate surface area is 373 Å². The summed E-state index contributed by atoms with van der Waals surface area (Å²) in [5.41, 5.74) is 12.5. The lowest BCUT2D eigenvalue weighted by atomic mass is 9.64. The van der Waals surface area contributed by atoms with Crippen LogP contribution in [-0.4, -0.2) is 87.0 Å². The molecular weight excluding hydrogens is 795 g/mol. The lowest BCUT2D eigenvalue weighted by Gasteiger charge is -2.39. The van der Waals surface area contributed by atoms with Crippen LogP contribution in [0.25, 0.3) is 6.08 Å². The third-order valence-electron chi connectivity index (χ3n) is 14.7. The van der Waals surface area contributed by atoms with Crippen molar-refractivity contribution < 1.29 is 40.1 Å². The summed E-state index contributed by atoms with van der Waals surface area (Å²) in [6, 6.07) is 11.6. The number of phenolic OH excluding ortho intramolecular Hbond substituents is 1. The highest BCUT2D eigenvalue weighted by molar-refractivity contribution is 6.07. The minimum atomic E-state index is -0.967. The Morgan fingerprint density at radius 2 is 1.90 bits per heavy atom. The molecule has 9 rings (SSSR count). The Kier molecular flexibility index (Phi) is 14.7. The number of fused-ring (bicyclic) bond motifs is 1. The highest BCUT2D eigenvalue weighted by Crippen LogP contribution is 2.60. The third-order valence-corrected chi connectivity index (χ3v) is 14.7. The van der Waals surface area contributed by atoms with Crippen molar-refractivity contribution in [2.75, 3.05) is 26.3 Å². The van der Waals surface area contributed by atoms with Crippen molar-refractivity contribution in [1.82, 2.24) is 5.32 Å². The first-order chi connectivity index (χ1) is 30.5. The monoisotopic (exact) mass is 864 g/mol. The van der Waals surface area contributed by atoms with E-state index in [0.717, 1.165) is 104 Å². The first-order valence-corrected chi connectivity index (χ1v) is 23.6. The number of aryl methyl sites for hydroxylation is 1. The summed E-state index contributed by atoms with van der Waals surface area (Å²) in [5.74, 6) is 3.11. The minimum Gasteiger partial charge on any atom is -0.592 e. The van der Waals surface area contributed by atoms with Gasteiger partial charge < -0.3 is 51.2 Å². The van der Waals surface area contributed by atoms with Crippen LogP contribution in [0.3, 0.4) is 0 Å². The molecule has 2 aromatic rings. The van der Waals surface area contributed by atoms with Crippen LogP contribution < -0.4 is 15.8 Å². The van der Waals surface area contributed by atoms with E-state index < -0.39 is 18.3 Å². The van der Waals surface area contributed by atoms with Gasteiger partial charge in [-0.3, -0.25) is 0 Å². The van der Waals surface area contributed by atoms with Gasteiger partial charge in [0.05, 0.1) is 36.7 Å². The van der Waals surface area contributed by atoms with Gasteiger partial charge in [0, 0.05) is 43.2 Å². The van der Waals surface area contributed by atoms with E-state index in [1.165, 1.54) is 18.4 Å². The van der Waals surface area contributed by atoms with Crippen molar-refractivity contribution in [2.24, 2.45) is 39.8 Å². The average Bonchev–Trinajstić information content (AvgIpc) is 4.00. The molecule has 340 valence electrons. The first-order valence-electron chi connectivity index (χ1n) is 23.6. The van der Waals surface area contributed by atoms with Gasteiger partial charge in [-0.2, -0.15) is 12.0 Å². The number of rotatable bonds is 22. The van der Waals surface area contributed by atoms with Crippen molar-refractivity contribution in [3.63, 3.8) is 0 Å². The summed E-state index contributed by atoms with van der Waals surface area (Å²) < 4.78 is 12.4. The van der Waals surface area contributed by atoms with Crippen LogP contribution in [0.4, 0.5) is 0 Å². The van der Waals surface area contributed by atoms with Crippen molar-refractivity contribution in [3.8, 4) is 11.5 Å². The van der Waals surface area contributed by atoms with Gasteiger partial charge in [-0.05, 0) is 98.2 Å². The number of aliphatic imine (C=N–C) groups is 1. The van der Waals surface area contributed by atoms with Crippen LogP contribution in [0.5, 0.6) is 11.5 Å². The highest BCUT2D eigenvalue weighted by Gasteiger charge is 2.59. The van der Waals surface area contributed by atoms with Crippen molar-refractivity contribution >= 4 is 11.8 Å². The third kappa shape index (κ3) is 10.3. The molecule has 0 saturated heterocycles. The Morgan fingerprint density at radius 1 is 1.06 bits per heavy atom. The Hall–Kier alpha value is -4.07. The molecule has 2 fully saturated rings. The lowest BCUT2D eigenvalue weighted by molar-refractivity contribution is 0.119. The maximum Gasteiger partial charge on any atom is 0.196 e. The maximum absolute atomic E-state index is 11.4. The van der Waals surface area contributed by atoms with E-state index in [0.29, 0.717) is 37.1 Å². The highest BCUT2D eigenvalue weighted by atomic mass is 16.5. The van der Waals surface area contributed by atoms with Gasteiger partial charge in [0.15, 0.2) is 29.4 Å². The zero-order valence-corrected chi connectivity index (χ0v) is 36.9. The molecule has 2 saturated carbocycles. The molecule has 9 N–H and O–H groups in total. The molecule has 2 bridgehead atoms. The summed E-state index contributed by atoms with van der Waals surface area (Å²) in [7, 11) is 0. The lowest BCUT2D eigenvalue weighted by Crippen LogP contribution is -2.41. The number of nitrogens with zero attached hydrogens (tertiary/aromatic N) is 1. The molecule has 7 aliphatic rings. The second kappa shape index (κ2) is 20.4. The van der Waals surface area contributed by atoms with E-state index in [1.807, 2.05) is 48.6 Å². The SMILES string of the molecule is C[C@H](O)CNC[C@H]1C2=C[C+]([C@@H](O)COc3cc(CCC4=C[C-](CO)C(CCCCCC[C@H](N)C[C@@H]5C=Cc6cc(CO)ccc6[C@H]5O)O4)ccc3O)N=C2[C@H]2C=C[C@@]13CCC[C@@H]3C2. The van der Waals surface area contributed by atoms with Gasteiger partial charge in [-0.25, -0.2) is 0 Å². The standard InChI is InChI=1S/C52H69N3O8/c1-32(58)27-54-28-44-43-26-45(55-50(43)36-18-20-52(44)19-6-7-39(52)23-36)47(60)31-62-49-22-33(12-17-46(49)59)10-15-41-25-38(30-57)48(63-41)9-5-3-2-4-8-40(53)24-37-14-13-35-21-34(29-56)11-16-42(35)51(37)61/h11-14,16-18,20-22,25-26,32,36-37,39-40,44,47-48,51,54,56-61H,2-10,15,19,23-24,27-31,53H2,1H3/t32-,36-,37-,39+,40-,44-,47-,48?,51-,52+/m0/s1. The van der Waals surface area contributed by atoms with Gasteiger partial charge in [-0.15, -0.1) is 4.99 Å². The number of aromatic hydroxyl groups is 1. The quantitative estimate of drug-likeness (QED) is 0.0359. The smallest absolute Gasteiger partial charge is 0.196 e. The topological polar surface area (TPSA) is 190 Å². The predicted molar refractivity (Wildman–Crippen MR) is 245 cm³/mol. The number of phenols is 1. The second-order valence-corrected chi connectivity index (χ2v) is 19.1. The molecule has 2 heterocycles. The zero-order chi connectivity index (χ0) is 44.1. The molecular formula is C52H69N3O8. The van der Waals surface area contributed by atoms with Gasteiger partial charge in [-0.1, -0.05) is 86.8 Å². The number of aliphatic hydroxyl groups excluding tert-OH is 5. The van der Waals surface area contributed by atoms with Crippen LogP contribution in [0.1, 0.15) is 112 Å². The summed E-state index contributed by atoms with van der Waals surface area (Å²) >= 11 is 0. The summed E-state index contributed by atoms with van der Waals surface area (Å²) in [5, 5.41) is 66.1. The van der Waals surface area contributed by atoms with Gasteiger partial charge in [0.2, 0.25) is 0 Å². The molecule has 10 atom stereocenters. The predicted octanol–water partition coefficient (Wildman–Crippen LogP) is 6.72. The molecule has 1 unspecified atom stereocenters. The van der Waals surface area contributed by atoms with E-state index in [1.54, 1.807) is 13.0 Å². The summed E-state index contributed by atoms with van der Waals surface area (Å²) in [6.45, 7) is 2.98. The summed E-state index contributed by atoms with van der Waals surface area (Å²) in [4.78, 5) is 5.04. The molecule has 5 aliphatic carbocycles. The van der Waals surface area contributed by atoms with Crippen molar-refractivity contribution in [3.05, 3.63) is 112 Å². The molecule has 0 aromatic heterocycles. The number of nitrogens with two attached hydrogens (primary N) is 1. The van der Waals surface area contributed by atoms with Crippen molar-refractivity contribution in [2.45, 2.75) is 127 Å². The van der Waals surface area contributed by atoms with Crippen LogP contribution in [0, 0.1) is 41.0 Å². The van der Waals surface area contributed by atoms with Crippen LogP contribution in [0.15, 0.2) is 83.1 Å². The number of allylic oxidation sites excluding steroid dienone is 3. The Bertz CT molecular complexity index is 2040. The number of unbranched alkanes of at least 4 members (excludes halogenated alkanes) is 3. The molecule has 0 radical (unpaired) electrons. The van der Waals surface area contributed by atoms with Crippen molar-refractivity contribution in [1.29, 1.82) is 0 Å². The van der Waals surface area contributed by atoms with Crippen LogP contribution in [0.2, 0.25) is 0 Å². The number of hydrogen-bond acceptors (Lipinski definition) is 11. The molecule has 2 aliphatic heterocycles. The molecule has 0 amide bonds. The van der Waals surface area contributed by atoms with E-state index in [2.05, 4.69) is 23.5 Å². The molecule has 1 spiro atoms. The van der Waals surface area contributed by atoms with Crippen LogP contribution >= 0.6 is 0 Å². The minimum absolute atomic E-state index is 0.00459. The normalized spacial score (nSPS) is 28.1. The number of aliphatic hydroxyl groups is 5. The fourth-order valence-electron chi connectivity index (χ4n) is 11.3. The largest absolute Gasteiger partial charge is 0.592 e.